The molecule has 19 heteroatoms. The van der Waals surface area contributed by atoms with Crippen molar-refractivity contribution in [2.24, 2.45) is 35.0 Å². The molecule has 0 bridgehead atoms. The summed E-state index contributed by atoms with van der Waals surface area (Å²) >= 11 is 0. The summed E-state index contributed by atoms with van der Waals surface area (Å²) < 4.78 is 12.3. The van der Waals surface area contributed by atoms with E-state index in [4.69, 9.17) is 14.3 Å². The number of imide groups is 1. The van der Waals surface area contributed by atoms with Crippen molar-refractivity contribution in [3.8, 4) is 0 Å². The van der Waals surface area contributed by atoms with Crippen molar-refractivity contribution in [1.29, 1.82) is 0 Å². The Balaban J connectivity index is 1.17. The highest BCUT2D eigenvalue weighted by Crippen LogP contribution is 2.63. The highest BCUT2D eigenvalue weighted by molar-refractivity contribution is 6.12. The summed E-state index contributed by atoms with van der Waals surface area (Å²) in [6.45, 7) is 16.4. The van der Waals surface area contributed by atoms with Gasteiger partial charge in [0.1, 0.15) is 5.78 Å². The van der Waals surface area contributed by atoms with Crippen LogP contribution in [0.4, 0.5) is 0 Å². The molecule has 3 aliphatic heterocycles. The smallest absolute Gasteiger partial charge is 0.253 e. The number of nitrogens with one attached hydrogen (secondary N) is 1. The molecule has 4 aliphatic rings. The molecule has 0 spiro atoms. The zero-order chi connectivity index (χ0) is 59.0. The second kappa shape index (κ2) is 30.6. The van der Waals surface area contributed by atoms with Crippen LogP contribution in [0.2, 0.25) is 0 Å². The molecule has 2 saturated heterocycles. The number of carbonyl (C=O) groups excluding carboxylic acids is 9. The first kappa shape index (κ1) is 65.4. The van der Waals surface area contributed by atoms with Gasteiger partial charge in [-0.2, -0.15) is 0 Å². The quantitative estimate of drug-likeness (QED) is 0.0821. The van der Waals surface area contributed by atoms with Gasteiger partial charge in [0.15, 0.2) is 5.78 Å². The van der Waals surface area contributed by atoms with Gasteiger partial charge in [-0.25, -0.2) is 5.06 Å². The molecule has 1 aliphatic carbocycles. The minimum absolute atomic E-state index is 0.00985. The lowest BCUT2D eigenvalue weighted by molar-refractivity contribution is -0.203. The number of ketones is 2. The maximum Gasteiger partial charge on any atom is 0.253 e. The van der Waals surface area contributed by atoms with Crippen LogP contribution in [0.5, 0.6) is 0 Å². The molecule has 1 aromatic carbocycles. The van der Waals surface area contributed by atoms with Gasteiger partial charge in [-0.1, -0.05) is 85.2 Å². The van der Waals surface area contributed by atoms with E-state index in [0.29, 0.717) is 64.9 Å². The molecule has 0 aromatic heterocycles. The number of hydrogen-bond donors (Lipinski definition) is 1. The molecule has 19 nitrogen and oxygen atoms in total. The number of hydroxylamine groups is 2. The summed E-state index contributed by atoms with van der Waals surface area (Å²) in [5, 5.41) is 4.25. The number of Topliss-reactive ketones (excluding diaryl/α,β-unsaturated/α-hetero) is 2. The molecule has 5 rings (SSSR count). The average Bonchev–Trinajstić information content (AvgIpc) is 4.03. The number of hydrogen-bond acceptors (Lipinski definition) is 13. The van der Waals surface area contributed by atoms with Crippen molar-refractivity contribution >= 4 is 52.9 Å². The van der Waals surface area contributed by atoms with Crippen molar-refractivity contribution in [3.63, 3.8) is 0 Å². The summed E-state index contributed by atoms with van der Waals surface area (Å²) in [4.78, 5) is 136. The third kappa shape index (κ3) is 16.6. The largest absolute Gasteiger partial charge is 0.379 e. The SMILES string of the molecule is CC[C@H](C)[C@@H]([C@@H](CC(=O)N1CCC[C@H]1[C@H](OC)[C@@H](C)C(=O)C[C@@]1(C(=O)N2CCCCO2)C[C@@H]1c1ccccc1)OC)N(C)C(=O)[C@@H](CC(=O)[C@H](C(C)C)N(C)CCCC(=O)N(C)CCNC(=O)CCCN1C(=O)C=CC1=O)C(C)C. The molecule has 7 amide bonds. The summed E-state index contributed by atoms with van der Waals surface area (Å²) in [5.41, 5.74) is 0.104. The molecule has 1 saturated carbocycles. The predicted molar refractivity (Wildman–Crippen MR) is 303 cm³/mol. The van der Waals surface area contributed by atoms with Gasteiger partial charge in [0, 0.05) is 111 Å². The molecular formula is C61H95N7O12. The van der Waals surface area contributed by atoms with Crippen molar-refractivity contribution in [2.45, 2.75) is 168 Å². The van der Waals surface area contributed by atoms with Crippen LogP contribution in [-0.4, -0.2) is 194 Å². The molecule has 446 valence electrons. The lowest BCUT2D eigenvalue weighted by Crippen LogP contribution is -2.54. The highest BCUT2D eigenvalue weighted by Gasteiger charge is 2.63. The van der Waals surface area contributed by atoms with E-state index >= 15 is 0 Å². The average molecular weight is 1120 g/mol. The van der Waals surface area contributed by atoms with Crippen LogP contribution in [0.3, 0.4) is 0 Å². The molecule has 3 heterocycles. The Kier molecular flexibility index (Phi) is 25.0. The molecule has 1 N–H and O–H groups in total. The van der Waals surface area contributed by atoms with Gasteiger partial charge >= 0.3 is 0 Å². The van der Waals surface area contributed by atoms with Gasteiger partial charge in [-0.15, -0.1) is 0 Å². The maximum atomic E-state index is 14.8. The lowest BCUT2D eigenvalue weighted by Gasteiger charge is -2.41. The van der Waals surface area contributed by atoms with Crippen LogP contribution in [0.15, 0.2) is 42.5 Å². The fourth-order valence-electron chi connectivity index (χ4n) is 12.5. The minimum Gasteiger partial charge on any atom is -0.379 e. The van der Waals surface area contributed by atoms with Crippen molar-refractivity contribution in [1.82, 2.24) is 34.9 Å². The van der Waals surface area contributed by atoms with Gasteiger partial charge in [0.05, 0.1) is 48.8 Å². The number of carbonyl (C=O) groups is 9. The van der Waals surface area contributed by atoms with E-state index in [2.05, 4.69) is 5.32 Å². The molecule has 1 aromatic rings. The van der Waals surface area contributed by atoms with Crippen LogP contribution >= 0.6 is 0 Å². The van der Waals surface area contributed by atoms with Gasteiger partial charge in [0.2, 0.25) is 23.6 Å². The van der Waals surface area contributed by atoms with E-state index in [1.54, 1.807) is 38.1 Å². The molecule has 10 atom stereocenters. The van der Waals surface area contributed by atoms with Crippen LogP contribution in [-0.2, 0) is 57.5 Å². The first-order valence-electron chi connectivity index (χ1n) is 29.4. The summed E-state index contributed by atoms with van der Waals surface area (Å²) in [6, 6.07) is 8.45. The van der Waals surface area contributed by atoms with E-state index in [-0.39, 0.29) is 122 Å². The van der Waals surface area contributed by atoms with Crippen molar-refractivity contribution in [3.05, 3.63) is 48.0 Å². The standard InChI is InChI=1S/C61H95N7O12/c1-13-42(6)57(50(78-11)37-55(75)66-31-19-24-47(66)58(79-12)43(7)49(70)39-61(60(77)68-33-17-18-35-80-68)38-46(61)44-22-15-14-16-23-44)65(10)59(76)45(40(2)3)36-48(69)56(41(4)5)64(9)30-21-26-52(72)63(8)34-29-62-51(71)25-20-32-67-53(73)27-28-54(67)74/h14-16,22-23,27-28,40-43,45-47,50,56-58H,13,17-21,24-26,29-39H2,1-12H3,(H,62,71)/t42-,43-,45-,46+,47-,50+,56-,57-,58+,61-/m0/s1. The Morgan fingerprint density at radius 2 is 1.50 bits per heavy atom. The van der Waals surface area contributed by atoms with E-state index in [1.807, 2.05) is 95.6 Å². The topological polar surface area (TPSA) is 213 Å². The Labute approximate surface area is 476 Å². The summed E-state index contributed by atoms with van der Waals surface area (Å²) in [5.74, 6) is -3.52. The highest BCUT2D eigenvalue weighted by atomic mass is 16.7. The Hall–Kier alpha value is -5.37. The second-order valence-electron chi connectivity index (χ2n) is 23.7. The first-order chi connectivity index (χ1) is 38.0. The minimum atomic E-state index is -0.916. The Bertz CT molecular complexity index is 2310. The number of likely N-dealkylation sites (N-methyl/N-ethyl adjacent to an activating group) is 3. The number of benzene rings is 1. The van der Waals surface area contributed by atoms with E-state index < -0.39 is 47.6 Å². The van der Waals surface area contributed by atoms with E-state index in [1.165, 1.54) is 17.2 Å². The van der Waals surface area contributed by atoms with Crippen LogP contribution in [0.25, 0.3) is 0 Å². The third-order valence-electron chi connectivity index (χ3n) is 17.5. The number of rotatable bonds is 33. The second-order valence-corrected chi connectivity index (χ2v) is 23.7. The normalized spacial score (nSPS) is 21.8. The predicted octanol–water partition coefficient (Wildman–Crippen LogP) is 5.84. The lowest BCUT2D eigenvalue weighted by atomic mass is 9.83. The Morgan fingerprint density at radius 1 is 0.812 bits per heavy atom. The number of methoxy groups -OCH3 is 2. The maximum absolute atomic E-state index is 14.8. The number of nitrogens with zero attached hydrogens (tertiary/aromatic N) is 6. The fraction of sp³-hybridized carbons (Fsp3) is 0.721. The van der Waals surface area contributed by atoms with Gasteiger partial charge in [0.25, 0.3) is 17.7 Å². The van der Waals surface area contributed by atoms with Crippen LogP contribution < -0.4 is 5.32 Å². The third-order valence-corrected chi connectivity index (χ3v) is 17.5. The zero-order valence-electron chi connectivity index (χ0n) is 50.1. The van der Waals surface area contributed by atoms with Crippen molar-refractivity contribution in [2.75, 3.05) is 81.2 Å². The summed E-state index contributed by atoms with van der Waals surface area (Å²) in [7, 11) is 8.42. The van der Waals surface area contributed by atoms with E-state index in [9.17, 15) is 43.2 Å². The molecule has 0 radical (unpaired) electrons. The van der Waals surface area contributed by atoms with Crippen LogP contribution in [0.1, 0.15) is 143 Å². The Morgan fingerprint density at radius 3 is 2.10 bits per heavy atom. The molecule has 3 fully saturated rings. The molecule has 80 heavy (non-hydrogen) atoms. The number of amides is 7. The van der Waals surface area contributed by atoms with Crippen LogP contribution in [0, 0.1) is 35.0 Å². The monoisotopic (exact) mass is 1120 g/mol. The van der Waals surface area contributed by atoms with Gasteiger partial charge in [-0.3, -0.25) is 57.8 Å². The van der Waals surface area contributed by atoms with Crippen molar-refractivity contribution < 1.29 is 57.5 Å². The van der Waals surface area contributed by atoms with E-state index in [0.717, 1.165) is 29.7 Å². The van der Waals surface area contributed by atoms with Gasteiger partial charge < -0.3 is 29.5 Å². The fourth-order valence-corrected chi connectivity index (χ4v) is 12.5. The van der Waals surface area contributed by atoms with Gasteiger partial charge in [-0.05, 0) is 87.8 Å². The number of ether oxygens (including phenoxy) is 2. The molecular weight excluding hydrogens is 1020 g/mol. The first-order valence-corrected chi connectivity index (χ1v) is 29.4. The molecule has 0 unspecified atom stereocenters. The summed E-state index contributed by atoms with van der Waals surface area (Å²) in [6.07, 6.45) is 6.66. The number of likely N-dealkylation sites (tertiary alicyclic amines) is 1. The zero-order valence-corrected chi connectivity index (χ0v) is 50.1.